The molecule has 0 aliphatic rings. The van der Waals surface area contributed by atoms with Crippen molar-refractivity contribution in [3.8, 4) is 5.88 Å². The molecule has 0 radical (unpaired) electrons. The monoisotopic (exact) mass is 231 g/mol. The molecule has 0 aromatic carbocycles. The van der Waals surface area contributed by atoms with Crippen molar-refractivity contribution in [3.05, 3.63) is 4.88 Å². The van der Waals surface area contributed by atoms with Crippen molar-refractivity contribution in [2.75, 3.05) is 26.1 Å². The summed E-state index contributed by atoms with van der Waals surface area (Å²) in [5, 5.41) is 9.45. The Kier molecular flexibility index (Phi) is 3.48. The van der Waals surface area contributed by atoms with Crippen molar-refractivity contribution in [2.45, 2.75) is 6.04 Å². The van der Waals surface area contributed by atoms with Gasteiger partial charge in [-0.1, -0.05) is 11.3 Å². The van der Waals surface area contributed by atoms with Crippen LogP contribution in [0.25, 0.3) is 0 Å². The molecule has 6 nitrogen and oxygen atoms in total. The van der Waals surface area contributed by atoms with E-state index < -0.39 is 12.0 Å². The van der Waals surface area contributed by atoms with Gasteiger partial charge in [0.25, 0.3) is 0 Å². The molecule has 0 spiro atoms. The SMILES string of the molecule is COc1nc(N(C)C)sc1C(N)C(=O)O. The lowest BCUT2D eigenvalue weighted by Gasteiger charge is -2.05. The summed E-state index contributed by atoms with van der Waals surface area (Å²) in [5.74, 6) is -0.819. The predicted molar refractivity (Wildman–Crippen MR) is 57.6 cm³/mol. The zero-order chi connectivity index (χ0) is 11.6. The third kappa shape index (κ3) is 2.37. The fraction of sp³-hybridized carbons (Fsp3) is 0.500. The van der Waals surface area contributed by atoms with Gasteiger partial charge in [0.15, 0.2) is 5.13 Å². The summed E-state index contributed by atoms with van der Waals surface area (Å²) in [6.45, 7) is 0. The minimum absolute atomic E-state index is 0.276. The molecule has 0 bridgehead atoms. The largest absolute Gasteiger partial charge is 0.480 e. The average Bonchev–Trinajstić information content (AvgIpc) is 2.59. The van der Waals surface area contributed by atoms with Crippen LogP contribution in [0.15, 0.2) is 0 Å². The van der Waals surface area contributed by atoms with E-state index in [9.17, 15) is 4.79 Å². The molecule has 0 amide bonds. The van der Waals surface area contributed by atoms with Crippen LogP contribution in [0.4, 0.5) is 5.13 Å². The molecular weight excluding hydrogens is 218 g/mol. The second-order valence-electron chi connectivity index (χ2n) is 3.08. The summed E-state index contributed by atoms with van der Waals surface area (Å²) < 4.78 is 4.98. The molecular formula is C8H13N3O3S. The second-order valence-corrected chi connectivity index (χ2v) is 4.09. The van der Waals surface area contributed by atoms with Crippen LogP contribution in [0, 0.1) is 0 Å². The first-order chi connectivity index (χ1) is 6.97. The van der Waals surface area contributed by atoms with Crippen LogP contribution in [0.1, 0.15) is 10.9 Å². The summed E-state index contributed by atoms with van der Waals surface area (Å²) in [6, 6.07) is -1.09. The van der Waals surface area contributed by atoms with Crippen molar-refractivity contribution in [1.82, 2.24) is 4.98 Å². The van der Waals surface area contributed by atoms with Gasteiger partial charge >= 0.3 is 5.97 Å². The van der Waals surface area contributed by atoms with E-state index in [2.05, 4.69) is 4.98 Å². The van der Waals surface area contributed by atoms with Crippen LogP contribution in [0.3, 0.4) is 0 Å². The van der Waals surface area contributed by atoms with Gasteiger partial charge in [-0.3, -0.25) is 4.79 Å². The molecule has 1 rings (SSSR count). The van der Waals surface area contributed by atoms with Gasteiger partial charge in [0, 0.05) is 14.1 Å². The Morgan fingerprint density at radius 3 is 2.67 bits per heavy atom. The fourth-order valence-corrected chi connectivity index (χ4v) is 1.90. The first-order valence-corrected chi connectivity index (χ1v) is 4.99. The van der Waals surface area contributed by atoms with E-state index in [4.69, 9.17) is 15.6 Å². The second kappa shape index (κ2) is 4.45. The molecule has 7 heteroatoms. The number of hydrogen-bond acceptors (Lipinski definition) is 6. The Labute approximate surface area is 91.3 Å². The smallest absolute Gasteiger partial charge is 0.326 e. The minimum atomic E-state index is -1.10. The molecule has 84 valence electrons. The molecule has 3 N–H and O–H groups in total. The Morgan fingerprint density at radius 1 is 1.67 bits per heavy atom. The number of nitrogens with zero attached hydrogens (tertiary/aromatic N) is 2. The normalized spacial score (nSPS) is 12.3. The minimum Gasteiger partial charge on any atom is -0.480 e. The number of aromatic nitrogens is 1. The summed E-state index contributed by atoms with van der Waals surface area (Å²) in [5.41, 5.74) is 5.50. The molecule has 0 fully saturated rings. The lowest BCUT2D eigenvalue weighted by Crippen LogP contribution is -2.20. The highest BCUT2D eigenvalue weighted by Crippen LogP contribution is 2.34. The molecule has 1 aromatic heterocycles. The highest BCUT2D eigenvalue weighted by molar-refractivity contribution is 7.16. The van der Waals surface area contributed by atoms with Crippen molar-refractivity contribution in [2.24, 2.45) is 5.73 Å². The molecule has 0 aliphatic carbocycles. The van der Waals surface area contributed by atoms with Crippen LogP contribution in [0.2, 0.25) is 0 Å². The molecule has 1 unspecified atom stereocenters. The molecule has 0 aliphatic heterocycles. The van der Waals surface area contributed by atoms with Crippen LogP contribution in [0.5, 0.6) is 5.88 Å². The van der Waals surface area contributed by atoms with Crippen LogP contribution < -0.4 is 15.4 Å². The fourth-order valence-electron chi connectivity index (χ4n) is 0.953. The molecule has 1 heterocycles. The number of aliphatic carboxylic acids is 1. The van der Waals surface area contributed by atoms with E-state index in [1.165, 1.54) is 18.4 Å². The number of anilines is 1. The van der Waals surface area contributed by atoms with E-state index in [0.717, 1.165) is 0 Å². The third-order valence-electron chi connectivity index (χ3n) is 1.73. The molecule has 15 heavy (non-hydrogen) atoms. The number of thiazole rings is 1. The third-order valence-corrected chi connectivity index (χ3v) is 3.02. The summed E-state index contributed by atoms with van der Waals surface area (Å²) >= 11 is 1.21. The average molecular weight is 231 g/mol. The van der Waals surface area contributed by atoms with Gasteiger partial charge < -0.3 is 20.5 Å². The topological polar surface area (TPSA) is 88.7 Å². The lowest BCUT2D eigenvalue weighted by atomic mass is 10.3. The Hall–Kier alpha value is -1.34. The number of rotatable bonds is 4. The van der Waals surface area contributed by atoms with E-state index >= 15 is 0 Å². The quantitative estimate of drug-likeness (QED) is 0.775. The number of hydrogen-bond donors (Lipinski definition) is 2. The van der Waals surface area contributed by atoms with Crippen molar-refractivity contribution in [3.63, 3.8) is 0 Å². The van der Waals surface area contributed by atoms with Gasteiger partial charge in [0.1, 0.15) is 6.04 Å². The highest BCUT2D eigenvalue weighted by Gasteiger charge is 2.24. The summed E-state index contributed by atoms with van der Waals surface area (Å²) in [4.78, 5) is 17.0. The zero-order valence-electron chi connectivity index (χ0n) is 8.72. The maximum Gasteiger partial charge on any atom is 0.326 e. The van der Waals surface area contributed by atoms with Gasteiger partial charge in [-0.25, -0.2) is 0 Å². The van der Waals surface area contributed by atoms with E-state index in [1.807, 2.05) is 14.1 Å². The van der Waals surface area contributed by atoms with Gasteiger partial charge in [0.2, 0.25) is 5.88 Å². The van der Waals surface area contributed by atoms with Crippen LogP contribution in [-0.4, -0.2) is 37.3 Å². The van der Waals surface area contributed by atoms with E-state index in [1.54, 1.807) is 4.90 Å². The maximum atomic E-state index is 10.7. The number of nitrogens with two attached hydrogens (primary N) is 1. The van der Waals surface area contributed by atoms with Crippen molar-refractivity contribution < 1.29 is 14.6 Å². The van der Waals surface area contributed by atoms with Gasteiger partial charge in [0.05, 0.1) is 12.0 Å². The highest BCUT2D eigenvalue weighted by atomic mass is 32.1. The summed E-state index contributed by atoms with van der Waals surface area (Å²) in [6.07, 6.45) is 0. The number of carbonyl (C=O) groups is 1. The maximum absolute atomic E-state index is 10.7. The first-order valence-electron chi connectivity index (χ1n) is 4.17. The van der Waals surface area contributed by atoms with Crippen molar-refractivity contribution in [1.29, 1.82) is 0 Å². The summed E-state index contributed by atoms with van der Waals surface area (Å²) in [7, 11) is 5.06. The van der Waals surface area contributed by atoms with Crippen LogP contribution >= 0.6 is 11.3 Å². The van der Waals surface area contributed by atoms with Gasteiger partial charge in [-0.2, -0.15) is 4.98 Å². The lowest BCUT2D eigenvalue weighted by molar-refractivity contribution is -0.138. The van der Waals surface area contributed by atoms with Crippen LogP contribution in [-0.2, 0) is 4.79 Å². The molecule has 0 saturated heterocycles. The molecule has 1 aromatic rings. The zero-order valence-corrected chi connectivity index (χ0v) is 9.54. The number of ether oxygens (including phenoxy) is 1. The standard InChI is InChI=1S/C8H13N3O3S/c1-11(2)8-10-6(14-3)5(15-8)4(9)7(12)13/h4H,9H2,1-3H3,(H,12,13). The first kappa shape index (κ1) is 11.7. The Morgan fingerprint density at radius 2 is 2.27 bits per heavy atom. The van der Waals surface area contributed by atoms with Gasteiger partial charge in [-0.05, 0) is 0 Å². The Balaban J connectivity index is 3.10. The number of carboxylic acid groups (broad SMARTS) is 1. The number of methoxy groups -OCH3 is 1. The van der Waals surface area contributed by atoms with E-state index in [-0.39, 0.29) is 5.88 Å². The molecule has 1 atom stereocenters. The Bertz CT molecular complexity index is 364. The van der Waals surface area contributed by atoms with Crippen molar-refractivity contribution >= 4 is 22.4 Å². The van der Waals surface area contributed by atoms with E-state index in [0.29, 0.717) is 10.0 Å². The van der Waals surface area contributed by atoms with Gasteiger partial charge in [-0.15, -0.1) is 0 Å². The predicted octanol–water partition coefficient (Wildman–Crippen LogP) is 0.302. The number of carboxylic acids is 1. The molecule has 0 saturated carbocycles.